The Balaban J connectivity index is 1.84. The summed E-state index contributed by atoms with van der Waals surface area (Å²) in [6.07, 6.45) is 1.06. The Morgan fingerprint density at radius 2 is 1.66 bits per heavy atom. The van der Waals surface area contributed by atoms with Crippen molar-refractivity contribution in [1.29, 1.82) is 0 Å². The first kappa shape index (κ1) is 22.6. The summed E-state index contributed by atoms with van der Waals surface area (Å²) in [5.41, 5.74) is 1.27. The number of primary sulfonamides is 1. The van der Waals surface area contributed by atoms with Crippen molar-refractivity contribution in [2.45, 2.75) is 44.0 Å². The van der Waals surface area contributed by atoms with E-state index >= 15 is 0 Å². The quantitative estimate of drug-likeness (QED) is 0.576. The van der Waals surface area contributed by atoms with Crippen molar-refractivity contribution in [1.82, 2.24) is 5.32 Å². The number of Topliss-reactive ketones (excluding diaryl/α,β-unsaturated/α-hetero) is 1. The summed E-state index contributed by atoms with van der Waals surface area (Å²) < 4.78 is 28.1. The molecule has 3 N–H and O–H groups in total. The zero-order valence-corrected chi connectivity index (χ0v) is 17.4. The number of hydrogen-bond acceptors (Lipinski definition) is 5. The van der Waals surface area contributed by atoms with Crippen molar-refractivity contribution in [2.75, 3.05) is 6.61 Å². The molecule has 0 aliphatic heterocycles. The average molecular weight is 419 g/mol. The Kier molecular flexibility index (Phi) is 7.92. The number of ether oxygens (including phenoxy) is 1. The summed E-state index contributed by atoms with van der Waals surface area (Å²) in [7, 11) is -3.75. The molecule has 0 radical (unpaired) electrons. The van der Waals surface area contributed by atoms with Crippen LogP contribution in [0.4, 0.5) is 0 Å². The SMILES string of the molecule is CCCOc1ccc(C(=O)CCC(=O)N[C@@H](C)c2ccc(S(N)(=O)=O)cc2)cc1. The number of amides is 1. The van der Waals surface area contributed by atoms with Crippen LogP contribution in [0.15, 0.2) is 53.4 Å². The van der Waals surface area contributed by atoms with Crippen LogP contribution in [-0.4, -0.2) is 26.7 Å². The number of carbonyl (C=O) groups excluding carboxylic acids is 2. The topological polar surface area (TPSA) is 116 Å². The van der Waals surface area contributed by atoms with E-state index in [1.807, 2.05) is 6.92 Å². The van der Waals surface area contributed by atoms with Gasteiger partial charge in [0, 0.05) is 18.4 Å². The summed E-state index contributed by atoms with van der Waals surface area (Å²) in [5.74, 6) is 0.333. The fraction of sp³-hybridized carbons (Fsp3) is 0.333. The van der Waals surface area contributed by atoms with Crippen LogP contribution in [0.5, 0.6) is 5.75 Å². The first-order chi connectivity index (χ1) is 13.7. The van der Waals surface area contributed by atoms with Gasteiger partial charge in [0.15, 0.2) is 5.78 Å². The van der Waals surface area contributed by atoms with Gasteiger partial charge in [-0.05, 0) is 55.3 Å². The second-order valence-electron chi connectivity index (χ2n) is 6.70. The maximum absolute atomic E-state index is 12.3. The molecule has 0 aliphatic carbocycles. The zero-order valence-electron chi connectivity index (χ0n) is 16.6. The van der Waals surface area contributed by atoms with E-state index in [0.29, 0.717) is 17.9 Å². The lowest BCUT2D eigenvalue weighted by atomic mass is 10.1. The molecule has 2 rings (SSSR count). The summed E-state index contributed by atoms with van der Waals surface area (Å²) in [6, 6.07) is 12.5. The Morgan fingerprint density at radius 3 is 2.21 bits per heavy atom. The van der Waals surface area contributed by atoms with Gasteiger partial charge < -0.3 is 10.1 Å². The van der Waals surface area contributed by atoms with Crippen LogP contribution in [0.2, 0.25) is 0 Å². The molecule has 0 heterocycles. The van der Waals surface area contributed by atoms with Crippen molar-refractivity contribution in [3.05, 3.63) is 59.7 Å². The maximum atomic E-state index is 12.3. The van der Waals surface area contributed by atoms with Crippen LogP contribution in [0.25, 0.3) is 0 Å². The van der Waals surface area contributed by atoms with Gasteiger partial charge in [0.1, 0.15) is 5.75 Å². The van der Waals surface area contributed by atoms with Gasteiger partial charge >= 0.3 is 0 Å². The number of sulfonamides is 1. The predicted octanol–water partition coefficient (Wildman–Crippen LogP) is 2.96. The highest BCUT2D eigenvalue weighted by Crippen LogP contribution is 2.17. The van der Waals surface area contributed by atoms with Crippen LogP contribution in [0.1, 0.15) is 55.1 Å². The van der Waals surface area contributed by atoms with E-state index < -0.39 is 10.0 Å². The molecule has 0 saturated heterocycles. The first-order valence-corrected chi connectivity index (χ1v) is 10.9. The van der Waals surface area contributed by atoms with E-state index in [9.17, 15) is 18.0 Å². The molecule has 0 saturated carbocycles. The molecule has 0 unspecified atom stereocenters. The van der Waals surface area contributed by atoms with Gasteiger partial charge in [-0.15, -0.1) is 0 Å². The molecule has 156 valence electrons. The molecule has 0 aliphatic rings. The molecular formula is C21H26N2O5S. The molecule has 0 spiro atoms. The van der Waals surface area contributed by atoms with Gasteiger partial charge in [0.25, 0.3) is 0 Å². The molecule has 0 fully saturated rings. The van der Waals surface area contributed by atoms with Crippen molar-refractivity contribution >= 4 is 21.7 Å². The van der Waals surface area contributed by atoms with Crippen LogP contribution in [0, 0.1) is 0 Å². The van der Waals surface area contributed by atoms with E-state index in [2.05, 4.69) is 5.32 Å². The van der Waals surface area contributed by atoms with Crippen LogP contribution < -0.4 is 15.2 Å². The minimum atomic E-state index is -3.75. The molecule has 1 amide bonds. The highest BCUT2D eigenvalue weighted by Gasteiger charge is 2.14. The molecule has 0 bridgehead atoms. The summed E-state index contributed by atoms with van der Waals surface area (Å²) in [4.78, 5) is 24.4. The standard InChI is InChI=1S/C21H26N2O5S/c1-3-14-28-18-8-4-17(5-9-18)20(24)12-13-21(25)23-15(2)16-6-10-19(11-7-16)29(22,26)27/h4-11,15H,3,12-14H2,1-2H3,(H,23,25)(H2,22,26,27)/t15-/m0/s1. The van der Waals surface area contributed by atoms with Crippen LogP contribution >= 0.6 is 0 Å². The molecule has 8 heteroatoms. The van der Waals surface area contributed by atoms with Crippen molar-refractivity contribution in [3.63, 3.8) is 0 Å². The Labute approximate surface area is 171 Å². The number of hydrogen-bond donors (Lipinski definition) is 2. The Hall–Kier alpha value is -2.71. The third-order valence-electron chi connectivity index (χ3n) is 4.31. The Bertz CT molecular complexity index is 938. The number of carbonyl (C=O) groups is 2. The average Bonchev–Trinajstić information content (AvgIpc) is 2.70. The van der Waals surface area contributed by atoms with E-state index in [-0.39, 0.29) is 35.5 Å². The zero-order chi connectivity index (χ0) is 21.4. The highest BCUT2D eigenvalue weighted by molar-refractivity contribution is 7.89. The van der Waals surface area contributed by atoms with E-state index in [1.165, 1.54) is 12.1 Å². The minimum absolute atomic E-state index is 0.0106. The van der Waals surface area contributed by atoms with Crippen molar-refractivity contribution < 1.29 is 22.7 Å². The number of nitrogens with two attached hydrogens (primary N) is 1. The third-order valence-corrected chi connectivity index (χ3v) is 5.24. The maximum Gasteiger partial charge on any atom is 0.238 e. The number of rotatable bonds is 10. The van der Waals surface area contributed by atoms with Crippen molar-refractivity contribution in [2.24, 2.45) is 5.14 Å². The lowest BCUT2D eigenvalue weighted by Gasteiger charge is -2.14. The highest BCUT2D eigenvalue weighted by atomic mass is 32.2. The number of nitrogens with one attached hydrogen (secondary N) is 1. The second-order valence-corrected chi connectivity index (χ2v) is 8.26. The smallest absolute Gasteiger partial charge is 0.238 e. The Morgan fingerprint density at radius 1 is 1.03 bits per heavy atom. The lowest BCUT2D eigenvalue weighted by Crippen LogP contribution is -2.27. The van der Waals surface area contributed by atoms with Gasteiger partial charge in [0.2, 0.25) is 15.9 Å². The molecular weight excluding hydrogens is 392 g/mol. The van der Waals surface area contributed by atoms with E-state index in [4.69, 9.17) is 9.88 Å². The molecule has 29 heavy (non-hydrogen) atoms. The van der Waals surface area contributed by atoms with Crippen molar-refractivity contribution in [3.8, 4) is 5.75 Å². The van der Waals surface area contributed by atoms with Gasteiger partial charge in [-0.1, -0.05) is 19.1 Å². The first-order valence-electron chi connectivity index (χ1n) is 9.39. The largest absolute Gasteiger partial charge is 0.494 e. The number of benzene rings is 2. The second kappa shape index (κ2) is 10.2. The van der Waals surface area contributed by atoms with Crippen LogP contribution in [0.3, 0.4) is 0 Å². The van der Waals surface area contributed by atoms with E-state index in [0.717, 1.165) is 12.0 Å². The molecule has 2 aromatic carbocycles. The third kappa shape index (κ3) is 6.99. The van der Waals surface area contributed by atoms with Gasteiger partial charge in [-0.2, -0.15) is 0 Å². The van der Waals surface area contributed by atoms with Gasteiger partial charge in [0.05, 0.1) is 17.5 Å². The molecule has 1 atom stereocenters. The number of ketones is 1. The molecule has 7 nitrogen and oxygen atoms in total. The fourth-order valence-electron chi connectivity index (χ4n) is 2.67. The summed E-state index contributed by atoms with van der Waals surface area (Å²) in [5, 5.41) is 7.87. The monoisotopic (exact) mass is 418 g/mol. The van der Waals surface area contributed by atoms with Crippen LogP contribution in [-0.2, 0) is 14.8 Å². The normalized spacial score (nSPS) is 12.2. The minimum Gasteiger partial charge on any atom is -0.494 e. The predicted molar refractivity (Wildman–Crippen MR) is 110 cm³/mol. The fourth-order valence-corrected chi connectivity index (χ4v) is 3.19. The van der Waals surface area contributed by atoms with Gasteiger partial charge in [-0.25, -0.2) is 13.6 Å². The van der Waals surface area contributed by atoms with E-state index in [1.54, 1.807) is 43.3 Å². The summed E-state index contributed by atoms with van der Waals surface area (Å²) >= 11 is 0. The molecule has 0 aromatic heterocycles. The lowest BCUT2D eigenvalue weighted by molar-refractivity contribution is -0.121. The summed E-state index contributed by atoms with van der Waals surface area (Å²) in [6.45, 7) is 4.42. The van der Waals surface area contributed by atoms with Gasteiger partial charge in [-0.3, -0.25) is 9.59 Å². The molecule has 2 aromatic rings.